The van der Waals surface area contributed by atoms with Gasteiger partial charge in [0.05, 0.1) is 13.2 Å². The summed E-state index contributed by atoms with van der Waals surface area (Å²) >= 11 is 3.19. The lowest BCUT2D eigenvalue weighted by atomic mass is 10.3. The molecule has 0 aliphatic rings. The summed E-state index contributed by atoms with van der Waals surface area (Å²) in [6, 6.07) is 2.10. The van der Waals surface area contributed by atoms with Crippen LogP contribution in [0.3, 0.4) is 0 Å². The average molecular weight is 296 g/mol. The van der Waals surface area contributed by atoms with Gasteiger partial charge in [0.1, 0.15) is 0 Å². The van der Waals surface area contributed by atoms with Crippen molar-refractivity contribution in [3.8, 4) is 0 Å². The number of nitrogens with zero attached hydrogens (tertiary/aromatic N) is 1. The molecule has 102 valence electrons. The standard InChI is InChI=1S/C13H16N2O2S2/c1-4-17-12(16)11-9(3)19-13(15-11)14-7-10-8(2)5-6-18-10/h5-6H,4,7H2,1-3H3,(H,14,15). The number of ether oxygens (including phenoxy) is 1. The Kier molecular flexibility index (Phi) is 4.55. The van der Waals surface area contributed by atoms with E-state index in [4.69, 9.17) is 4.74 Å². The highest BCUT2D eigenvalue weighted by Crippen LogP contribution is 2.24. The van der Waals surface area contributed by atoms with E-state index in [1.165, 1.54) is 21.8 Å². The summed E-state index contributed by atoms with van der Waals surface area (Å²) in [6.45, 7) is 6.86. The highest BCUT2D eigenvalue weighted by atomic mass is 32.1. The molecule has 19 heavy (non-hydrogen) atoms. The van der Waals surface area contributed by atoms with Crippen molar-refractivity contribution in [2.45, 2.75) is 27.3 Å². The van der Waals surface area contributed by atoms with Crippen LogP contribution in [-0.4, -0.2) is 17.6 Å². The number of hydrogen-bond acceptors (Lipinski definition) is 6. The van der Waals surface area contributed by atoms with Crippen LogP contribution in [0.2, 0.25) is 0 Å². The highest BCUT2D eigenvalue weighted by Gasteiger charge is 2.16. The summed E-state index contributed by atoms with van der Waals surface area (Å²) in [7, 11) is 0. The summed E-state index contributed by atoms with van der Waals surface area (Å²) in [5.41, 5.74) is 1.69. The predicted octanol–water partition coefficient (Wildman–Crippen LogP) is 3.61. The van der Waals surface area contributed by atoms with Crippen LogP contribution >= 0.6 is 22.7 Å². The summed E-state index contributed by atoms with van der Waals surface area (Å²) in [5, 5.41) is 6.09. The average Bonchev–Trinajstić information content (AvgIpc) is 2.93. The van der Waals surface area contributed by atoms with Gasteiger partial charge >= 0.3 is 5.97 Å². The van der Waals surface area contributed by atoms with Gasteiger partial charge in [0.25, 0.3) is 0 Å². The Balaban J connectivity index is 2.04. The van der Waals surface area contributed by atoms with Crippen molar-refractivity contribution in [3.63, 3.8) is 0 Å². The fourth-order valence-corrected chi connectivity index (χ4v) is 3.24. The minimum absolute atomic E-state index is 0.350. The third kappa shape index (κ3) is 3.33. The first-order chi connectivity index (χ1) is 9.11. The Morgan fingerprint density at radius 3 is 2.89 bits per heavy atom. The molecule has 2 heterocycles. The fraction of sp³-hybridized carbons (Fsp3) is 0.385. The second kappa shape index (κ2) is 6.16. The number of anilines is 1. The molecule has 0 aliphatic carbocycles. The van der Waals surface area contributed by atoms with E-state index in [0.717, 1.165) is 16.6 Å². The minimum atomic E-state index is -0.350. The molecule has 0 aromatic carbocycles. The van der Waals surface area contributed by atoms with Gasteiger partial charge in [-0.25, -0.2) is 9.78 Å². The third-order valence-electron chi connectivity index (χ3n) is 2.63. The van der Waals surface area contributed by atoms with E-state index in [1.807, 2.05) is 6.92 Å². The first-order valence-corrected chi connectivity index (χ1v) is 7.72. The summed E-state index contributed by atoms with van der Waals surface area (Å²) in [6.07, 6.45) is 0. The minimum Gasteiger partial charge on any atom is -0.461 e. The molecule has 0 radical (unpaired) electrons. The molecule has 2 aromatic heterocycles. The maximum absolute atomic E-state index is 11.7. The lowest BCUT2D eigenvalue weighted by Gasteiger charge is -2.01. The molecule has 0 saturated heterocycles. The quantitative estimate of drug-likeness (QED) is 0.856. The number of thiophene rings is 1. The molecule has 0 bridgehead atoms. The largest absolute Gasteiger partial charge is 0.461 e. The van der Waals surface area contributed by atoms with E-state index in [0.29, 0.717) is 12.3 Å². The van der Waals surface area contributed by atoms with E-state index in [-0.39, 0.29) is 5.97 Å². The normalized spacial score (nSPS) is 10.5. The first kappa shape index (κ1) is 14.0. The third-order valence-corrected chi connectivity index (χ3v) is 4.59. The van der Waals surface area contributed by atoms with Gasteiger partial charge in [-0.3, -0.25) is 0 Å². The number of thiazole rings is 1. The Bertz CT molecular complexity index is 575. The maximum atomic E-state index is 11.7. The zero-order valence-electron chi connectivity index (χ0n) is 11.1. The molecule has 1 N–H and O–H groups in total. The summed E-state index contributed by atoms with van der Waals surface area (Å²) in [5.74, 6) is -0.350. The van der Waals surface area contributed by atoms with Crippen molar-refractivity contribution < 1.29 is 9.53 Å². The van der Waals surface area contributed by atoms with Gasteiger partial charge in [-0.2, -0.15) is 0 Å². The van der Waals surface area contributed by atoms with E-state index in [2.05, 4.69) is 28.7 Å². The molecular formula is C13H16N2O2S2. The SMILES string of the molecule is CCOC(=O)c1nc(NCc2sccc2C)sc1C. The van der Waals surface area contributed by atoms with Crippen molar-refractivity contribution in [3.05, 3.63) is 32.5 Å². The van der Waals surface area contributed by atoms with Crippen LogP contribution in [0.15, 0.2) is 11.4 Å². The number of rotatable bonds is 5. The Hall–Kier alpha value is -1.40. The number of esters is 1. The smallest absolute Gasteiger partial charge is 0.358 e. The number of hydrogen-bond donors (Lipinski definition) is 1. The number of nitrogens with one attached hydrogen (secondary N) is 1. The molecule has 0 atom stereocenters. The monoisotopic (exact) mass is 296 g/mol. The lowest BCUT2D eigenvalue weighted by molar-refractivity contribution is 0.0519. The van der Waals surface area contributed by atoms with Gasteiger partial charge in [-0.1, -0.05) is 0 Å². The van der Waals surface area contributed by atoms with Gasteiger partial charge in [0, 0.05) is 9.75 Å². The topological polar surface area (TPSA) is 51.2 Å². The Morgan fingerprint density at radius 2 is 2.26 bits per heavy atom. The van der Waals surface area contributed by atoms with Crippen molar-refractivity contribution >= 4 is 33.8 Å². The van der Waals surface area contributed by atoms with Crippen molar-refractivity contribution in [1.29, 1.82) is 0 Å². The molecule has 6 heteroatoms. The molecule has 0 unspecified atom stereocenters. The summed E-state index contributed by atoms with van der Waals surface area (Å²) in [4.78, 5) is 18.1. The number of aromatic nitrogens is 1. The number of carbonyl (C=O) groups is 1. The van der Waals surface area contributed by atoms with Crippen LogP contribution in [0, 0.1) is 13.8 Å². The molecule has 2 aromatic rings. The molecule has 0 saturated carbocycles. The second-order valence-electron chi connectivity index (χ2n) is 4.02. The van der Waals surface area contributed by atoms with E-state index in [1.54, 1.807) is 18.3 Å². The van der Waals surface area contributed by atoms with Gasteiger partial charge in [0.2, 0.25) is 0 Å². The molecule has 2 rings (SSSR count). The van der Waals surface area contributed by atoms with Gasteiger partial charge < -0.3 is 10.1 Å². The Labute approximate surface area is 120 Å². The number of aryl methyl sites for hydroxylation is 2. The zero-order valence-corrected chi connectivity index (χ0v) is 12.8. The predicted molar refractivity (Wildman–Crippen MR) is 79.2 cm³/mol. The van der Waals surface area contributed by atoms with Crippen molar-refractivity contribution in [2.75, 3.05) is 11.9 Å². The van der Waals surface area contributed by atoms with E-state index < -0.39 is 0 Å². The molecule has 0 aliphatic heterocycles. The number of carbonyl (C=O) groups excluding carboxylic acids is 1. The van der Waals surface area contributed by atoms with Crippen LogP contribution in [0.1, 0.15) is 32.7 Å². The molecule has 0 amide bonds. The molecular weight excluding hydrogens is 280 g/mol. The van der Waals surface area contributed by atoms with E-state index in [9.17, 15) is 4.79 Å². The van der Waals surface area contributed by atoms with Gasteiger partial charge in [-0.05, 0) is 37.8 Å². The fourth-order valence-electron chi connectivity index (χ4n) is 1.60. The van der Waals surface area contributed by atoms with Crippen LogP contribution in [0.25, 0.3) is 0 Å². The Morgan fingerprint density at radius 1 is 1.47 bits per heavy atom. The first-order valence-electron chi connectivity index (χ1n) is 6.03. The second-order valence-corrected chi connectivity index (χ2v) is 6.23. The zero-order chi connectivity index (χ0) is 13.8. The van der Waals surface area contributed by atoms with Gasteiger partial charge in [0.15, 0.2) is 10.8 Å². The van der Waals surface area contributed by atoms with E-state index >= 15 is 0 Å². The summed E-state index contributed by atoms with van der Waals surface area (Å²) < 4.78 is 4.97. The maximum Gasteiger partial charge on any atom is 0.358 e. The van der Waals surface area contributed by atoms with Crippen LogP contribution < -0.4 is 5.32 Å². The van der Waals surface area contributed by atoms with Crippen molar-refractivity contribution in [2.24, 2.45) is 0 Å². The van der Waals surface area contributed by atoms with Crippen molar-refractivity contribution in [1.82, 2.24) is 4.98 Å². The molecule has 0 fully saturated rings. The lowest BCUT2D eigenvalue weighted by Crippen LogP contribution is -2.07. The molecule has 4 nitrogen and oxygen atoms in total. The van der Waals surface area contributed by atoms with Crippen LogP contribution in [0.4, 0.5) is 5.13 Å². The van der Waals surface area contributed by atoms with Crippen LogP contribution in [-0.2, 0) is 11.3 Å². The molecule has 0 spiro atoms. The highest BCUT2D eigenvalue weighted by molar-refractivity contribution is 7.15. The van der Waals surface area contributed by atoms with Crippen LogP contribution in [0.5, 0.6) is 0 Å². The van der Waals surface area contributed by atoms with Gasteiger partial charge in [-0.15, -0.1) is 22.7 Å².